The predicted molar refractivity (Wildman–Crippen MR) is 173 cm³/mol. The summed E-state index contributed by atoms with van der Waals surface area (Å²) >= 11 is 3.48. The van der Waals surface area contributed by atoms with Gasteiger partial charge in [0.25, 0.3) is 10.0 Å². The summed E-state index contributed by atoms with van der Waals surface area (Å²) in [6.07, 6.45) is 0.216. The summed E-state index contributed by atoms with van der Waals surface area (Å²) in [4.78, 5) is 29.3. The SMILES string of the molecule is CNC(=O)[C@@H](Cc1ccccc1)N(Cc1cccc(Br)c1)C(=O)CN(c1cc(OC)ccc1OC)S(=O)(=O)c1ccccc1. The molecule has 11 heteroatoms. The third kappa shape index (κ3) is 7.78. The van der Waals surface area contributed by atoms with E-state index in [2.05, 4.69) is 21.2 Å². The van der Waals surface area contributed by atoms with Gasteiger partial charge in [0, 0.05) is 30.6 Å². The van der Waals surface area contributed by atoms with Crippen molar-refractivity contribution in [1.82, 2.24) is 10.2 Å². The number of likely N-dealkylation sites (N-methyl/N-ethyl adjacent to an activating group) is 1. The van der Waals surface area contributed by atoms with E-state index in [1.54, 1.807) is 30.3 Å². The maximum Gasteiger partial charge on any atom is 0.264 e. The number of nitrogens with zero attached hydrogens (tertiary/aromatic N) is 2. The van der Waals surface area contributed by atoms with Crippen LogP contribution < -0.4 is 19.1 Å². The van der Waals surface area contributed by atoms with E-state index >= 15 is 0 Å². The van der Waals surface area contributed by atoms with Gasteiger partial charge in [-0.05, 0) is 47.5 Å². The molecular formula is C33H34BrN3O6S. The molecule has 0 spiro atoms. The molecule has 0 saturated carbocycles. The van der Waals surface area contributed by atoms with Gasteiger partial charge in [-0.3, -0.25) is 13.9 Å². The van der Waals surface area contributed by atoms with Crippen LogP contribution in [0.2, 0.25) is 0 Å². The van der Waals surface area contributed by atoms with Crippen LogP contribution >= 0.6 is 15.9 Å². The molecule has 0 radical (unpaired) electrons. The Morgan fingerprint density at radius 1 is 0.841 bits per heavy atom. The summed E-state index contributed by atoms with van der Waals surface area (Å²) in [5.74, 6) is -0.365. The number of hydrogen-bond donors (Lipinski definition) is 1. The Labute approximate surface area is 266 Å². The van der Waals surface area contributed by atoms with Gasteiger partial charge in [0.05, 0.1) is 24.8 Å². The molecule has 0 fully saturated rings. The molecule has 0 unspecified atom stereocenters. The lowest BCUT2D eigenvalue weighted by molar-refractivity contribution is -0.139. The van der Waals surface area contributed by atoms with Gasteiger partial charge in [-0.25, -0.2) is 8.42 Å². The van der Waals surface area contributed by atoms with Gasteiger partial charge in [0.15, 0.2) is 0 Å². The molecule has 4 aromatic carbocycles. The molecule has 0 aliphatic heterocycles. The van der Waals surface area contributed by atoms with Crippen molar-refractivity contribution in [3.8, 4) is 11.5 Å². The van der Waals surface area contributed by atoms with E-state index < -0.39 is 28.5 Å². The van der Waals surface area contributed by atoms with E-state index in [4.69, 9.17) is 9.47 Å². The van der Waals surface area contributed by atoms with E-state index in [1.807, 2.05) is 54.6 Å². The summed E-state index contributed by atoms with van der Waals surface area (Å²) < 4.78 is 41.1. The van der Waals surface area contributed by atoms with Gasteiger partial charge < -0.3 is 19.7 Å². The number of carbonyl (C=O) groups excluding carboxylic acids is 2. The zero-order valence-electron chi connectivity index (χ0n) is 24.6. The first kappa shape index (κ1) is 32.6. The number of benzene rings is 4. The number of anilines is 1. The molecule has 1 atom stereocenters. The van der Waals surface area contributed by atoms with Crippen LogP contribution in [0.25, 0.3) is 0 Å². The fourth-order valence-electron chi connectivity index (χ4n) is 4.78. The monoisotopic (exact) mass is 679 g/mol. The van der Waals surface area contributed by atoms with Crippen molar-refractivity contribution in [3.63, 3.8) is 0 Å². The number of rotatable bonds is 13. The Morgan fingerprint density at radius 3 is 2.11 bits per heavy atom. The van der Waals surface area contributed by atoms with E-state index in [0.29, 0.717) is 5.75 Å². The van der Waals surface area contributed by atoms with E-state index in [-0.39, 0.29) is 35.2 Å². The van der Waals surface area contributed by atoms with E-state index in [1.165, 1.54) is 44.4 Å². The van der Waals surface area contributed by atoms with Crippen LogP contribution in [0.5, 0.6) is 11.5 Å². The first-order valence-corrected chi connectivity index (χ1v) is 16.0. The third-order valence-electron chi connectivity index (χ3n) is 7.02. The molecule has 9 nitrogen and oxygen atoms in total. The van der Waals surface area contributed by atoms with Gasteiger partial charge in [-0.2, -0.15) is 0 Å². The fourth-order valence-corrected chi connectivity index (χ4v) is 6.66. The molecular weight excluding hydrogens is 646 g/mol. The zero-order valence-corrected chi connectivity index (χ0v) is 27.0. The standard InChI is InChI=1S/C33H34BrN3O6S/c1-35-33(39)30(20-24-11-6-4-7-12-24)36(22-25-13-10-14-26(34)19-25)32(38)23-37(44(40,41)28-15-8-5-9-16-28)29-21-27(42-2)17-18-31(29)43-3/h4-19,21,30H,20,22-23H2,1-3H3,(H,35,39)/t30-/m1/s1. The minimum absolute atomic E-state index is 0.0108. The molecule has 230 valence electrons. The predicted octanol–water partition coefficient (Wildman–Crippen LogP) is 5.05. The molecule has 4 rings (SSSR count). The first-order chi connectivity index (χ1) is 21.2. The van der Waals surface area contributed by atoms with Crippen LogP contribution in [-0.2, 0) is 32.6 Å². The maximum atomic E-state index is 14.5. The molecule has 2 amide bonds. The molecule has 44 heavy (non-hydrogen) atoms. The highest BCUT2D eigenvalue weighted by molar-refractivity contribution is 9.10. The quantitative estimate of drug-likeness (QED) is 0.212. The highest BCUT2D eigenvalue weighted by atomic mass is 79.9. The Bertz CT molecular complexity index is 1690. The smallest absolute Gasteiger partial charge is 0.264 e. The molecule has 1 N–H and O–H groups in total. The molecule has 4 aromatic rings. The lowest BCUT2D eigenvalue weighted by Gasteiger charge is -2.34. The van der Waals surface area contributed by atoms with E-state index in [9.17, 15) is 18.0 Å². The number of sulfonamides is 1. The number of hydrogen-bond acceptors (Lipinski definition) is 6. The van der Waals surface area contributed by atoms with Crippen molar-refractivity contribution in [2.75, 3.05) is 32.1 Å². The average molecular weight is 681 g/mol. The first-order valence-electron chi connectivity index (χ1n) is 13.8. The molecule has 0 saturated heterocycles. The van der Waals surface area contributed by atoms with Crippen LogP contribution in [0.4, 0.5) is 5.69 Å². The summed E-state index contributed by atoms with van der Waals surface area (Å²) in [6, 6.07) is 28.4. The Hall–Kier alpha value is -4.35. The second-order valence-electron chi connectivity index (χ2n) is 9.83. The van der Waals surface area contributed by atoms with Gasteiger partial charge >= 0.3 is 0 Å². The lowest BCUT2D eigenvalue weighted by atomic mass is 10.0. The van der Waals surface area contributed by atoms with Crippen molar-refractivity contribution < 1.29 is 27.5 Å². The van der Waals surface area contributed by atoms with Crippen molar-refractivity contribution in [2.24, 2.45) is 0 Å². The Balaban J connectivity index is 1.84. The minimum atomic E-state index is -4.29. The normalized spacial score (nSPS) is 11.7. The highest BCUT2D eigenvalue weighted by Gasteiger charge is 2.35. The number of amides is 2. The van der Waals surface area contributed by atoms with Crippen molar-refractivity contribution in [1.29, 1.82) is 0 Å². The third-order valence-corrected chi connectivity index (χ3v) is 9.29. The van der Waals surface area contributed by atoms with Crippen LogP contribution in [0, 0.1) is 0 Å². The van der Waals surface area contributed by atoms with Crippen LogP contribution in [-0.4, -0.2) is 59.0 Å². The largest absolute Gasteiger partial charge is 0.497 e. The second kappa shape index (κ2) is 14.9. The molecule has 0 bridgehead atoms. The summed E-state index contributed by atoms with van der Waals surface area (Å²) in [5.41, 5.74) is 1.72. The maximum absolute atomic E-state index is 14.5. The Kier molecular flexibility index (Phi) is 11.0. The molecule has 0 aromatic heterocycles. The van der Waals surface area contributed by atoms with Gasteiger partial charge in [0.1, 0.15) is 24.1 Å². The van der Waals surface area contributed by atoms with Crippen LogP contribution in [0.1, 0.15) is 11.1 Å². The van der Waals surface area contributed by atoms with Crippen molar-refractivity contribution >= 4 is 43.5 Å². The van der Waals surface area contributed by atoms with Crippen molar-refractivity contribution in [3.05, 3.63) is 119 Å². The molecule has 0 aliphatic carbocycles. The fraction of sp³-hybridized carbons (Fsp3) is 0.212. The number of carbonyl (C=O) groups is 2. The summed E-state index contributed by atoms with van der Waals surface area (Å²) in [5, 5.41) is 2.68. The number of nitrogens with one attached hydrogen (secondary N) is 1. The Morgan fingerprint density at radius 2 is 1.50 bits per heavy atom. The lowest BCUT2D eigenvalue weighted by Crippen LogP contribution is -2.53. The average Bonchev–Trinajstić information content (AvgIpc) is 3.05. The number of halogens is 1. The molecule has 0 aliphatic rings. The van der Waals surface area contributed by atoms with Gasteiger partial charge in [-0.15, -0.1) is 0 Å². The summed E-state index contributed by atoms with van der Waals surface area (Å²) in [7, 11) is 0.102. The zero-order chi connectivity index (χ0) is 31.7. The molecule has 0 heterocycles. The number of methoxy groups -OCH3 is 2. The van der Waals surface area contributed by atoms with E-state index in [0.717, 1.165) is 19.9 Å². The minimum Gasteiger partial charge on any atom is -0.497 e. The van der Waals surface area contributed by atoms with Crippen molar-refractivity contribution in [2.45, 2.75) is 23.9 Å². The highest BCUT2D eigenvalue weighted by Crippen LogP contribution is 2.36. The van der Waals surface area contributed by atoms with Gasteiger partial charge in [0.2, 0.25) is 11.8 Å². The van der Waals surface area contributed by atoms with Crippen LogP contribution in [0.3, 0.4) is 0 Å². The van der Waals surface area contributed by atoms with Gasteiger partial charge in [-0.1, -0.05) is 76.6 Å². The topological polar surface area (TPSA) is 105 Å². The van der Waals surface area contributed by atoms with Crippen LogP contribution in [0.15, 0.2) is 112 Å². The second-order valence-corrected chi connectivity index (χ2v) is 12.6. The number of ether oxygens (including phenoxy) is 2. The summed E-state index contributed by atoms with van der Waals surface area (Å²) in [6.45, 7) is -0.561.